The van der Waals surface area contributed by atoms with Gasteiger partial charge in [-0.05, 0) is 30.3 Å². The summed E-state index contributed by atoms with van der Waals surface area (Å²) in [6.07, 6.45) is 0. The van der Waals surface area contributed by atoms with Crippen LogP contribution in [0.3, 0.4) is 0 Å². The van der Waals surface area contributed by atoms with Gasteiger partial charge in [0.25, 0.3) is 0 Å². The highest BCUT2D eigenvalue weighted by Gasteiger charge is 2.13. The lowest BCUT2D eigenvalue weighted by Crippen LogP contribution is -2.01. The van der Waals surface area contributed by atoms with Crippen LogP contribution in [0.5, 0.6) is 23.0 Å². The fraction of sp³-hybridized carbons (Fsp3) is 0.0625. The zero-order chi connectivity index (χ0) is 15.9. The molecule has 6 heteroatoms. The lowest BCUT2D eigenvalue weighted by Gasteiger charge is -2.07. The number of hydrogen-bond donors (Lipinski definition) is 3. The molecule has 0 aliphatic carbocycles. The van der Waals surface area contributed by atoms with Crippen LogP contribution in [0.4, 0.5) is 0 Å². The molecule has 2 aromatic carbocycles. The molecule has 6 nitrogen and oxygen atoms in total. The summed E-state index contributed by atoms with van der Waals surface area (Å²) in [6.45, 7) is 0. The molecule has 0 fully saturated rings. The van der Waals surface area contributed by atoms with E-state index in [-0.39, 0.29) is 28.4 Å². The van der Waals surface area contributed by atoms with Crippen LogP contribution in [0.15, 0.2) is 45.6 Å². The average molecular weight is 300 g/mol. The maximum Gasteiger partial charge on any atom is 0.347 e. The van der Waals surface area contributed by atoms with Gasteiger partial charge in [-0.2, -0.15) is 0 Å². The number of methoxy groups -OCH3 is 1. The Kier molecular flexibility index (Phi) is 3.14. The predicted molar refractivity (Wildman–Crippen MR) is 79.5 cm³/mol. The van der Waals surface area contributed by atoms with Gasteiger partial charge < -0.3 is 24.5 Å². The van der Waals surface area contributed by atoms with Crippen molar-refractivity contribution >= 4 is 10.8 Å². The minimum Gasteiger partial charge on any atom is -0.507 e. The number of phenols is 3. The molecule has 3 N–H and O–H groups in total. The van der Waals surface area contributed by atoms with E-state index < -0.39 is 5.63 Å². The Bertz CT molecular complexity index is 926. The van der Waals surface area contributed by atoms with Crippen LogP contribution in [-0.4, -0.2) is 22.4 Å². The van der Waals surface area contributed by atoms with Gasteiger partial charge >= 0.3 is 5.63 Å². The number of rotatable bonds is 2. The lowest BCUT2D eigenvalue weighted by atomic mass is 10.1. The maximum atomic E-state index is 12.1. The minimum atomic E-state index is -0.708. The molecule has 0 saturated carbocycles. The quantitative estimate of drug-likeness (QED) is 0.629. The molecule has 1 aromatic heterocycles. The number of phenolic OH excluding ortho intramolecular Hbond substituents is 3. The largest absolute Gasteiger partial charge is 0.507 e. The van der Waals surface area contributed by atoms with Crippen molar-refractivity contribution in [3.63, 3.8) is 0 Å². The maximum absolute atomic E-state index is 12.1. The first-order valence-electron chi connectivity index (χ1n) is 6.37. The van der Waals surface area contributed by atoms with E-state index in [1.54, 1.807) is 12.1 Å². The van der Waals surface area contributed by atoms with E-state index in [2.05, 4.69) is 0 Å². The zero-order valence-electron chi connectivity index (χ0n) is 11.5. The number of fused-ring (bicyclic) bond motifs is 1. The molecular weight excluding hydrogens is 288 g/mol. The molecule has 1 heterocycles. The monoisotopic (exact) mass is 300 g/mol. The third kappa shape index (κ3) is 2.20. The third-order valence-electron chi connectivity index (χ3n) is 3.31. The zero-order valence-corrected chi connectivity index (χ0v) is 11.5. The SMILES string of the molecule is COc1cc(O)c2c(=O)oc(-c3ccc(O)c(O)c3)cc2c1. The summed E-state index contributed by atoms with van der Waals surface area (Å²) in [5.74, 6) is -0.237. The normalized spacial score (nSPS) is 10.8. The second-order valence-electron chi connectivity index (χ2n) is 4.71. The summed E-state index contributed by atoms with van der Waals surface area (Å²) in [4.78, 5) is 12.1. The Morgan fingerprint density at radius 1 is 0.955 bits per heavy atom. The standard InChI is InChI=1S/C16H12O6/c1-21-10-4-9-6-14(8-2-3-11(17)12(18)5-8)22-16(20)15(9)13(19)7-10/h2-7,17-19H,1H3. The molecule has 0 atom stereocenters. The van der Waals surface area contributed by atoms with Gasteiger partial charge in [0, 0.05) is 17.0 Å². The Hall–Kier alpha value is -3.15. The molecule has 0 aliphatic rings. The summed E-state index contributed by atoms with van der Waals surface area (Å²) < 4.78 is 10.2. The first-order valence-corrected chi connectivity index (χ1v) is 6.37. The van der Waals surface area contributed by atoms with Crippen molar-refractivity contribution in [3.8, 4) is 34.3 Å². The van der Waals surface area contributed by atoms with Crippen LogP contribution in [0.25, 0.3) is 22.1 Å². The van der Waals surface area contributed by atoms with Crippen LogP contribution in [-0.2, 0) is 0 Å². The van der Waals surface area contributed by atoms with Crippen molar-refractivity contribution in [1.29, 1.82) is 0 Å². The third-order valence-corrected chi connectivity index (χ3v) is 3.31. The molecule has 3 rings (SSSR count). The van der Waals surface area contributed by atoms with Crippen LogP contribution in [0, 0.1) is 0 Å². The van der Waals surface area contributed by atoms with Crippen molar-refractivity contribution in [3.05, 3.63) is 46.8 Å². The lowest BCUT2D eigenvalue weighted by molar-refractivity contribution is 0.403. The summed E-state index contributed by atoms with van der Waals surface area (Å²) in [5.41, 5.74) is -0.295. The summed E-state index contributed by atoms with van der Waals surface area (Å²) in [7, 11) is 1.45. The summed E-state index contributed by atoms with van der Waals surface area (Å²) in [6, 6.07) is 8.53. The smallest absolute Gasteiger partial charge is 0.347 e. The highest BCUT2D eigenvalue weighted by molar-refractivity contribution is 5.90. The van der Waals surface area contributed by atoms with Gasteiger partial charge in [0.1, 0.15) is 22.6 Å². The number of hydrogen-bond acceptors (Lipinski definition) is 6. The molecule has 0 amide bonds. The molecule has 0 bridgehead atoms. The average Bonchev–Trinajstić information content (AvgIpc) is 2.49. The molecule has 0 spiro atoms. The Morgan fingerprint density at radius 3 is 2.41 bits per heavy atom. The predicted octanol–water partition coefficient (Wildman–Crippen LogP) is 2.59. The van der Waals surface area contributed by atoms with Crippen molar-refractivity contribution in [1.82, 2.24) is 0 Å². The highest BCUT2D eigenvalue weighted by atomic mass is 16.5. The second-order valence-corrected chi connectivity index (χ2v) is 4.71. The second kappa shape index (κ2) is 5.00. The van der Waals surface area contributed by atoms with Gasteiger partial charge in [0.15, 0.2) is 11.5 Å². The Balaban J connectivity index is 2.27. The fourth-order valence-electron chi connectivity index (χ4n) is 2.22. The van der Waals surface area contributed by atoms with E-state index in [1.165, 1.54) is 31.4 Å². The van der Waals surface area contributed by atoms with Crippen LogP contribution < -0.4 is 10.4 Å². The Labute approximate surface area is 124 Å². The summed E-state index contributed by atoms with van der Waals surface area (Å²) in [5, 5.41) is 29.3. The first kappa shape index (κ1) is 13.8. The number of benzene rings is 2. The van der Waals surface area contributed by atoms with Gasteiger partial charge in [-0.15, -0.1) is 0 Å². The van der Waals surface area contributed by atoms with E-state index in [0.717, 1.165) is 0 Å². The fourth-order valence-corrected chi connectivity index (χ4v) is 2.22. The van der Waals surface area contributed by atoms with Gasteiger partial charge in [-0.3, -0.25) is 0 Å². The molecule has 112 valence electrons. The van der Waals surface area contributed by atoms with E-state index >= 15 is 0 Å². The van der Waals surface area contributed by atoms with E-state index in [9.17, 15) is 20.1 Å². The topological polar surface area (TPSA) is 100 Å². The molecule has 22 heavy (non-hydrogen) atoms. The van der Waals surface area contributed by atoms with Gasteiger partial charge in [0.2, 0.25) is 0 Å². The minimum absolute atomic E-state index is 0.0487. The van der Waals surface area contributed by atoms with Crippen molar-refractivity contribution < 1.29 is 24.5 Å². The van der Waals surface area contributed by atoms with Crippen molar-refractivity contribution in [2.45, 2.75) is 0 Å². The van der Waals surface area contributed by atoms with Gasteiger partial charge in [-0.1, -0.05) is 0 Å². The molecule has 3 aromatic rings. The summed E-state index contributed by atoms with van der Waals surface area (Å²) >= 11 is 0. The van der Waals surface area contributed by atoms with Crippen molar-refractivity contribution in [2.24, 2.45) is 0 Å². The van der Waals surface area contributed by atoms with E-state index in [1.807, 2.05) is 0 Å². The molecule has 0 aliphatic heterocycles. The highest BCUT2D eigenvalue weighted by Crippen LogP contribution is 2.33. The van der Waals surface area contributed by atoms with Crippen molar-refractivity contribution in [2.75, 3.05) is 7.11 Å². The number of ether oxygens (including phenoxy) is 1. The van der Waals surface area contributed by atoms with Crippen LogP contribution >= 0.6 is 0 Å². The van der Waals surface area contributed by atoms with E-state index in [4.69, 9.17) is 9.15 Å². The Morgan fingerprint density at radius 2 is 1.73 bits per heavy atom. The molecule has 0 radical (unpaired) electrons. The van der Waals surface area contributed by atoms with Crippen LogP contribution in [0.1, 0.15) is 0 Å². The first-order chi connectivity index (χ1) is 10.5. The molecule has 0 saturated heterocycles. The molecule has 0 unspecified atom stereocenters. The molecular formula is C16H12O6. The van der Waals surface area contributed by atoms with Gasteiger partial charge in [-0.25, -0.2) is 4.79 Å². The van der Waals surface area contributed by atoms with Crippen LogP contribution in [0.2, 0.25) is 0 Å². The van der Waals surface area contributed by atoms with E-state index in [0.29, 0.717) is 16.7 Å². The number of aromatic hydroxyl groups is 3. The van der Waals surface area contributed by atoms with Gasteiger partial charge in [0.05, 0.1) is 7.11 Å².